The van der Waals surface area contributed by atoms with Crippen molar-refractivity contribution in [2.45, 2.75) is 46.1 Å². The van der Waals surface area contributed by atoms with Crippen molar-refractivity contribution in [1.29, 1.82) is 0 Å². The first-order chi connectivity index (χ1) is 9.36. The molecule has 2 heterocycles. The summed E-state index contributed by atoms with van der Waals surface area (Å²) in [6.07, 6.45) is 7.86. The lowest BCUT2D eigenvalue weighted by atomic mass is 9.77. The zero-order valence-corrected chi connectivity index (χ0v) is 13.5. The molecular formula is C16H30N4. The minimum Gasteiger partial charge on any atom is -0.323 e. The van der Waals surface area contributed by atoms with Crippen LogP contribution < -0.4 is 5.73 Å². The lowest BCUT2D eigenvalue weighted by Crippen LogP contribution is -2.33. The van der Waals surface area contributed by atoms with E-state index in [1.807, 2.05) is 24.1 Å². The molecule has 1 fully saturated rings. The summed E-state index contributed by atoms with van der Waals surface area (Å²) < 4.78 is 1.83. The Morgan fingerprint density at radius 3 is 2.70 bits per heavy atom. The SMILES string of the molecule is Cn1cc(C(N)CN2CCCC(C(C)(C)C)CC2)cn1. The minimum absolute atomic E-state index is 0.0786. The fraction of sp³-hybridized carbons (Fsp3) is 0.812. The van der Waals surface area contributed by atoms with Crippen LogP contribution in [0.1, 0.15) is 51.6 Å². The topological polar surface area (TPSA) is 47.1 Å². The number of rotatable bonds is 3. The normalized spacial score (nSPS) is 23.6. The Bertz CT molecular complexity index is 418. The molecule has 4 heteroatoms. The Morgan fingerprint density at radius 2 is 2.10 bits per heavy atom. The van der Waals surface area contributed by atoms with Crippen LogP contribution in [-0.2, 0) is 7.05 Å². The molecule has 1 aromatic rings. The molecule has 0 aliphatic carbocycles. The number of likely N-dealkylation sites (tertiary alicyclic amines) is 1. The third-order valence-electron chi connectivity index (χ3n) is 4.65. The lowest BCUT2D eigenvalue weighted by molar-refractivity contribution is 0.205. The van der Waals surface area contributed by atoms with E-state index in [9.17, 15) is 0 Å². The molecule has 0 bridgehead atoms. The quantitative estimate of drug-likeness (QED) is 0.924. The molecule has 1 aliphatic rings. The molecule has 2 N–H and O–H groups in total. The maximum atomic E-state index is 6.32. The summed E-state index contributed by atoms with van der Waals surface area (Å²) >= 11 is 0. The van der Waals surface area contributed by atoms with Gasteiger partial charge in [0.15, 0.2) is 0 Å². The Balaban J connectivity index is 1.88. The summed E-state index contributed by atoms with van der Waals surface area (Å²) in [5, 5.41) is 4.21. The highest BCUT2D eigenvalue weighted by Crippen LogP contribution is 2.34. The van der Waals surface area contributed by atoms with Gasteiger partial charge in [0.25, 0.3) is 0 Å². The number of nitrogens with zero attached hydrogens (tertiary/aromatic N) is 3. The summed E-state index contributed by atoms with van der Waals surface area (Å²) in [4.78, 5) is 2.53. The summed E-state index contributed by atoms with van der Waals surface area (Å²) in [7, 11) is 1.94. The molecule has 1 saturated heterocycles. The van der Waals surface area contributed by atoms with Gasteiger partial charge >= 0.3 is 0 Å². The standard InChI is InChI=1S/C16H30N4/c1-16(2,3)14-6-5-8-20(9-7-14)12-15(17)13-10-18-19(4)11-13/h10-11,14-15H,5-9,12,17H2,1-4H3. The van der Waals surface area contributed by atoms with E-state index in [1.54, 1.807) is 0 Å². The van der Waals surface area contributed by atoms with E-state index in [1.165, 1.54) is 32.4 Å². The molecule has 0 aromatic carbocycles. The van der Waals surface area contributed by atoms with Crippen molar-refractivity contribution < 1.29 is 0 Å². The summed E-state index contributed by atoms with van der Waals surface area (Å²) in [6, 6.07) is 0.0786. The van der Waals surface area contributed by atoms with Crippen molar-refractivity contribution in [3.8, 4) is 0 Å². The first-order valence-electron chi connectivity index (χ1n) is 7.83. The van der Waals surface area contributed by atoms with Crippen molar-refractivity contribution >= 4 is 0 Å². The van der Waals surface area contributed by atoms with Crippen LogP contribution in [0.4, 0.5) is 0 Å². The van der Waals surface area contributed by atoms with Crippen LogP contribution >= 0.6 is 0 Å². The highest BCUT2D eigenvalue weighted by molar-refractivity contribution is 5.10. The zero-order valence-electron chi connectivity index (χ0n) is 13.5. The van der Waals surface area contributed by atoms with E-state index in [2.05, 4.69) is 30.8 Å². The monoisotopic (exact) mass is 278 g/mol. The molecule has 1 aliphatic heterocycles. The van der Waals surface area contributed by atoms with Gasteiger partial charge in [-0.1, -0.05) is 20.8 Å². The van der Waals surface area contributed by atoms with Crippen LogP contribution in [0.3, 0.4) is 0 Å². The Morgan fingerprint density at radius 1 is 1.35 bits per heavy atom. The van der Waals surface area contributed by atoms with Crippen molar-refractivity contribution in [2.75, 3.05) is 19.6 Å². The van der Waals surface area contributed by atoms with E-state index in [-0.39, 0.29) is 6.04 Å². The Hall–Kier alpha value is -0.870. The van der Waals surface area contributed by atoms with Crippen molar-refractivity contribution in [1.82, 2.24) is 14.7 Å². The molecule has 2 atom stereocenters. The van der Waals surface area contributed by atoms with Gasteiger partial charge in [-0.3, -0.25) is 4.68 Å². The molecule has 1 aromatic heterocycles. The van der Waals surface area contributed by atoms with Gasteiger partial charge in [0.2, 0.25) is 0 Å². The molecule has 0 spiro atoms. The van der Waals surface area contributed by atoms with Gasteiger partial charge < -0.3 is 10.6 Å². The molecule has 0 saturated carbocycles. The first-order valence-corrected chi connectivity index (χ1v) is 7.83. The Kier molecular flexibility index (Phi) is 4.86. The number of nitrogens with two attached hydrogens (primary N) is 1. The predicted molar refractivity (Wildman–Crippen MR) is 83.4 cm³/mol. The fourth-order valence-electron chi connectivity index (χ4n) is 3.22. The smallest absolute Gasteiger partial charge is 0.0537 e. The Labute approximate surface area is 123 Å². The summed E-state index contributed by atoms with van der Waals surface area (Å²) in [5.74, 6) is 0.835. The highest BCUT2D eigenvalue weighted by Gasteiger charge is 2.27. The molecule has 114 valence electrons. The van der Waals surface area contributed by atoms with Crippen molar-refractivity contribution in [3.63, 3.8) is 0 Å². The zero-order chi connectivity index (χ0) is 14.8. The number of hydrogen-bond acceptors (Lipinski definition) is 3. The van der Waals surface area contributed by atoms with Gasteiger partial charge in [-0.15, -0.1) is 0 Å². The number of aromatic nitrogens is 2. The molecule has 2 rings (SSSR count). The van der Waals surface area contributed by atoms with Crippen LogP contribution in [0.5, 0.6) is 0 Å². The number of aryl methyl sites for hydroxylation is 1. The van der Waals surface area contributed by atoms with Gasteiger partial charge in [-0.05, 0) is 43.7 Å². The molecular weight excluding hydrogens is 248 g/mol. The predicted octanol–water partition coefficient (Wildman–Crippen LogP) is 2.57. The molecule has 20 heavy (non-hydrogen) atoms. The van der Waals surface area contributed by atoms with Crippen LogP contribution in [0.2, 0.25) is 0 Å². The largest absolute Gasteiger partial charge is 0.323 e. The van der Waals surface area contributed by atoms with E-state index in [0.29, 0.717) is 5.41 Å². The maximum Gasteiger partial charge on any atom is 0.0537 e. The van der Waals surface area contributed by atoms with Crippen molar-refractivity contribution in [2.24, 2.45) is 24.1 Å². The molecule has 2 unspecified atom stereocenters. The van der Waals surface area contributed by atoms with E-state index in [0.717, 1.165) is 18.0 Å². The second-order valence-corrected chi connectivity index (χ2v) is 7.35. The molecule has 0 amide bonds. The summed E-state index contributed by atoms with van der Waals surface area (Å²) in [6.45, 7) is 10.4. The van der Waals surface area contributed by atoms with Crippen LogP contribution in [-0.4, -0.2) is 34.3 Å². The third kappa shape index (κ3) is 4.06. The average molecular weight is 278 g/mol. The first kappa shape index (κ1) is 15.5. The van der Waals surface area contributed by atoms with Crippen molar-refractivity contribution in [3.05, 3.63) is 18.0 Å². The lowest BCUT2D eigenvalue weighted by Gasteiger charge is -2.30. The number of hydrogen-bond donors (Lipinski definition) is 1. The molecule has 0 radical (unpaired) electrons. The van der Waals surface area contributed by atoms with Crippen LogP contribution in [0.15, 0.2) is 12.4 Å². The second-order valence-electron chi connectivity index (χ2n) is 7.35. The van der Waals surface area contributed by atoms with Gasteiger partial charge in [-0.2, -0.15) is 5.10 Å². The van der Waals surface area contributed by atoms with Gasteiger partial charge in [0, 0.05) is 31.4 Å². The van der Waals surface area contributed by atoms with Crippen LogP contribution in [0, 0.1) is 11.3 Å². The summed E-state index contributed by atoms with van der Waals surface area (Å²) in [5.41, 5.74) is 7.89. The third-order valence-corrected chi connectivity index (χ3v) is 4.65. The molecule has 4 nitrogen and oxygen atoms in total. The fourth-order valence-corrected chi connectivity index (χ4v) is 3.22. The van der Waals surface area contributed by atoms with Gasteiger partial charge in [0.1, 0.15) is 0 Å². The van der Waals surface area contributed by atoms with Crippen LogP contribution in [0.25, 0.3) is 0 Å². The average Bonchev–Trinajstić information content (AvgIpc) is 2.64. The second kappa shape index (κ2) is 6.27. The van der Waals surface area contributed by atoms with Gasteiger partial charge in [0.05, 0.1) is 6.20 Å². The van der Waals surface area contributed by atoms with E-state index >= 15 is 0 Å². The van der Waals surface area contributed by atoms with E-state index in [4.69, 9.17) is 5.73 Å². The maximum absolute atomic E-state index is 6.32. The van der Waals surface area contributed by atoms with Gasteiger partial charge in [-0.25, -0.2) is 0 Å². The highest BCUT2D eigenvalue weighted by atomic mass is 15.2. The minimum atomic E-state index is 0.0786. The van der Waals surface area contributed by atoms with E-state index < -0.39 is 0 Å².